The van der Waals surface area contributed by atoms with Crippen LogP contribution < -0.4 is 0 Å². The minimum Gasteiger partial charge on any atom is -0.270 e. The molecule has 6 aromatic carbocycles. The van der Waals surface area contributed by atoms with Crippen LogP contribution in [0.2, 0.25) is 0 Å². The summed E-state index contributed by atoms with van der Waals surface area (Å²) in [6, 6.07) is 62.4. The monoisotopic (exact) mass is 891 g/mol. The van der Waals surface area contributed by atoms with Crippen LogP contribution >= 0.6 is 7.82 Å². The fourth-order valence-corrected chi connectivity index (χ4v) is 11.8. The van der Waals surface area contributed by atoms with Crippen molar-refractivity contribution in [3.8, 4) is 0 Å². The zero-order valence-corrected chi connectivity index (χ0v) is 40.5. The highest BCUT2D eigenvalue weighted by Gasteiger charge is 2.54. The standard InChI is InChI=1S/C60H75O4P/c1-4-7-10-13-34-49-58(52-37-22-16-23-38-52,53-39-24-17-25-40-53)62-65(61,63-59(50-35-14-11-8-5-2,54-41-26-18-27-42-54)55-43-28-19-29-44-55)64-60(51-36-15-12-9-6-3,56-45-30-20-31-46-56)57-47-32-21-33-48-57/h16-33,37-48H,4-15,34-36,49-51H2,1-3H3. The Morgan fingerprint density at radius 1 is 0.292 bits per heavy atom. The molecule has 0 spiro atoms. The van der Waals surface area contributed by atoms with Gasteiger partial charge in [0.1, 0.15) is 16.8 Å². The molecule has 5 heteroatoms. The van der Waals surface area contributed by atoms with Gasteiger partial charge in [0.15, 0.2) is 0 Å². The molecule has 0 saturated heterocycles. The molecular weight excluding hydrogens is 816 g/mol. The van der Waals surface area contributed by atoms with Gasteiger partial charge in [0.2, 0.25) is 0 Å². The topological polar surface area (TPSA) is 44.8 Å². The van der Waals surface area contributed by atoms with Crippen molar-refractivity contribution in [2.75, 3.05) is 0 Å². The van der Waals surface area contributed by atoms with E-state index in [0.29, 0.717) is 19.3 Å². The molecule has 0 amide bonds. The summed E-state index contributed by atoms with van der Waals surface area (Å²) in [5, 5.41) is 0. The first kappa shape index (κ1) is 49.9. The van der Waals surface area contributed by atoms with E-state index in [0.717, 1.165) is 110 Å². The van der Waals surface area contributed by atoms with Gasteiger partial charge in [-0.2, -0.15) is 0 Å². The van der Waals surface area contributed by atoms with Crippen LogP contribution in [0, 0.1) is 0 Å². The van der Waals surface area contributed by atoms with Crippen molar-refractivity contribution in [1.82, 2.24) is 0 Å². The van der Waals surface area contributed by atoms with E-state index in [4.69, 9.17) is 13.6 Å². The number of rotatable bonds is 30. The molecule has 0 heterocycles. The van der Waals surface area contributed by atoms with Crippen molar-refractivity contribution in [3.05, 3.63) is 215 Å². The van der Waals surface area contributed by atoms with Crippen molar-refractivity contribution in [2.24, 2.45) is 0 Å². The van der Waals surface area contributed by atoms with E-state index >= 15 is 4.57 Å². The lowest BCUT2D eigenvalue weighted by Crippen LogP contribution is -2.38. The van der Waals surface area contributed by atoms with Crippen molar-refractivity contribution < 1.29 is 18.1 Å². The quantitative estimate of drug-likeness (QED) is 0.0334. The highest BCUT2D eigenvalue weighted by atomic mass is 31.2. The molecule has 0 bridgehead atoms. The highest BCUT2D eigenvalue weighted by molar-refractivity contribution is 7.48. The van der Waals surface area contributed by atoms with E-state index in [-0.39, 0.29) is 0 Å². The van der Waals surface area contributed by atoms with Gasteiger partial charge in [0, 0.05) is 0 Å². The van der Waals surface area contributed by atoms with Crippen LogP contribution in [0.15, 0.2) is 182 Å². The smallest absolute Gasteiger partial charge is 0.270 e. The minimum atomic E-state index is -4.76. The lowest BCUT2D eigenvalue weighted by Gasteiger charge is -2.45. The summed E-state index contributed by atoms with van der Waals surface area (Å²) < 4.78 is 41.0. The van der Waals surface area contributed by atoms with Gasteiger partial charge >= 0.3 is 7.82 Å². The first-order chi connectivity index (χ1) is 31.9. The summed E-state index contributed by atoms with van der Waals surface area (Å²) in [6.45, 7) is 6.74. The Kier molecular flexibility index (Phi) is 19.9. The number of phosphoric acid groups is 1. The third kappa shape index (κ3) is 13.3. The molecule has 0 aliphatic heterocycles. The largest absolute Gasteiger partial charge is 0.478 e. The number of hydrogen-bond donors (Lipinski definition) is 0. The number of phosphoric ester groups is 1. The van der Waals surface area contributed by atoms with E-state index in [1.54, 1.807) is 0 Å². The molecule has 6 rings (SSSR count). The molecule has 6 aromatic rings. The Bertz CT molecular complexity index is 1840. The minimum absolute atomic E-state index is 0.586. The SMILES string of the molecule is CCCCCCCC(OP(=O)(OC(CCCCCCC)(c1ccccc1)c1ccccc1)OC(CCCCCCC)(c1ccccc1)c1ccccc1)(c1ccccc1)c1ccccc1. The Morgan fingerprint density at radius 3 is 0.662 bits per heavy atom. The van der Waals surface area contributed by atoms with E-state index in [1.807, 2.05) is 36.4 Å². The van der Waals surface area contributed by atoms with Crippen LogP contribution in [0.5, 0.6) is 0 Å². The molecule has 0 atom stereocenters. The Balaban J connectivity index is 1.65. The average Bonchev–Trinajstić information content (AvgIpc) is 3.36. The average molecular weight is 891 g/mol. The predicted octanol–water partition coefficient (Wildman–Crippen LogP) is 18.1. The lowest BCUT2D eigenvalue weighted by molar-refractivity contribution is -0.0512. The summed E-state index contributed by atoms with van der Waals surface area (Å²) in [7, 11) is -4.76. The molecule has 0 aliphatic rings. The third-order valence-corrected chi connectivity index (χ3v) is 14.7. The van der Waals surface area contributed by atoms with Gasteiger partial charge in [-0.05, 0) is 71.9 Å². The Hall–Kier alpha value is -4.57. The van der Waals surface area contributed by atoms with Crippen LogP contribution in [-0.4, -0.2) is 0 Å². The molecule has 0 saturated carbocycles. The second-order valence-corrected chi connectivity index (χ2v) is 19.3. The lowest BCUT2D eigenvalue weighted by atomic mass is 9.82. The summed E-state index contributed by atoms with van der Waals surface area (Å²) in [6.07, 6.45) is 17.7. The Morgan fingerprint density at radius 2 is 0.477 bits per heavy atom. The first-order valence-electron chi connectivity index (χ1n) is 25.0. The van der Waals surface area contributed by atoms with Crippen molar-refractivity contribution in [2.45, 2.75) is 153 Å². The molecule has 0 unspecified atom stereocenters. The van der Waals surface area contributed by atoms with E-state index in [9.17, 15) is 0 Å². The maximum absolute atomic E-state index is 17.6. The van der Waals surface area contributed by atoms with Gasteiger partial charge in [-0.1, -0.05) is 280 Å². The normalized spacial score (nSPS) is 12.4. The van der Waals surface area contributed by atoms with Crippen LogP contribution in [0.4, 0.5) is 0 Å². The van der Waals surface area contributed by atoms with Crippen molar-refractivity contribution >= 4 is 7.82 Å². The summed E-state index contributed by atoms with van der Waals surface area (Å²) in [4.78, 5) is 0. The summed E-state index contributed by atoms with van der Waals surface area (Å²) in [5.41, 5.74) is 1.95. The first-order valence-corrected chi connectivity index (χ1v) is 26.4. The van der Waals surface area contributed by atoms with Crippen LogP contribution in [-0.2, 0) is 34.9 Å². The Labute approximate surface area is 392 Å². The molecule has 65 heavy (non-hydrogen) atoms. The van der Waals surface area contributed by atoms with E-state index < -0.39 is 24.6 Å². The van der Waals surface area contributed by atoms with Crippen molar-refractivity contribution in [1.29, 1.82) is 0 Å². The second-order valence-electron chi connectivity index (χ2n) is 17.9. The number of hydrogen-bond acceptors (Lipinski definition) is 4. The number of unbranched alkanes of at least 4 members (excludes halogenated alkanes) is 12. The van der Waals surface area contributed by atoms with Crippen molar-refractivity contribution in [3.63, 3.8) is 0 Å². The van der Waals surface area contributed by atoms with Gasteiger partial charge in [0.05, 0.1) is 0 Å². The highest BCUT2D eigenvalue weighted by Crippen LogP contribution is 2.67. The summed E-state index contributed by atoms with van der Waals surface area (Å²) in [5.74, 6) is 0. The maximum atomic E-state index is 17.6. The van der Waals surface area contributed by atoms with Crippen LogP contribution in [0.25, 0.3) is 0 Å². The molecule has 0 radical (unpaired) electrons. The second kappa shape index (κ2) is 25.9. The maximum Gasteiger partial charge on any atom is 0.478 e. The van der Waals surface area contributed by atoms with Gasteiger partial charge in [-0.25, -0.2) is 4.57 Å². The van der Waals surface area contributed by atoms with Gasteiger partial charge in [-0.3, -0.25) is 13.6 Å². The van der Waals surface area contributed by atoms with Crippen LogP contribution in [0.1, 0.15) is 170 Å². The van der Waals surface area contributed by atoms with Gasteiger partial charge in [0.25, 0.3) is 0 Å². The molecule has 0 N–H and O–H groups in total. The zero-order chi connectivity index (χ0) is 45.5. The molecule has 4 nitrogen and oxygen atoms in total. The fraction of sp³-hybridized carbons (Fsp3) is 0.400. The van der Waals surface area contributed by atoms with Gasteiger partial charge in [-0.15, -0.1) is 0 Å². The summed E-state index contributed by atoms with van der Waals surface area (Å²) >= 11 is 0. The third-order valence-electron chi connectivity index (χ3n) is 13.1. The van der Waals surface area contributed by atoms with E-state index in [2.05, 4.69) is 166 Å². The number of benzene rings is 6. The molecule has 0 fully saturated rings. The molecular formula is C60H75O4P. The predicted molar refractivity (Wildman–Crippen MR) is 272 cm³/mol. The molecule has 0 aromatic heterocycles. The van der Waals surface area contributed by atoms with Crippen LogP contribution in [0.3, 0.4) is 0 Å². The molecule has 344 valence electrons. The fourth-order valence-electron chi connectivity index (χ4n) is 9.62. The molecule has 0 aliphatic carbocycles. The zero-order valence-electron chi connectivity index (χ0n) is 39.6. The van der Waals surface area contributed by atoms with E-state index in [1.165, 1.54) is 19.3 Å². The van der Waals surface area contributed by atoms with Gasteiger partial charge < -0.3 is 0 Å².